The fraction of sp³-hybridized carbons (Fsp3) is 0.167. The van der Waals surface area contributed by atoms with E-state index in [0.717, 1.165) is 12.0 Å². The van der Waals surface area contributed by atoms with Gasteiger partial charge in [0.25, 0.3) is 11.6 Å². The first-order chi connectivity index (χ1) is 15.0. The Hall–Kier alpha value is -4.00. The van der Waals surface area contributed by atoms with Crippen LogP contribution in [0.1, 0.15) is 27.0 Å². The zero-order valence-electron chi connectivity index (χ0n) is 16.8. The second-order valence-electron chi connectivity index (χ2n) is 7.47. The molecule has 0 fully saturated rings. The van der Waals surface area contributed by atoms with Gasteiger partial charge in [0.2, 0.25) is 5.91 Å². The first kappa shape index (κ1) is 20.3. The highest BCUT2D eigenvalue weighted by atomic mass is 16.6. The summed E-state index contributed by atoms with van der Waals surface area (Å²) in [6, 6.07) is 20.9. The molecule has 0 bridgehead atoms. The molecule has 0 spiro atoms. The SMILES string of the molecule is O=C(Cc1ccc([N+](=O)[O-])cc1)Nc1ccc2c(c1)CN(C(=O)c1ccccc1)CC2. The Morgan fingerprint density at radius 1 is 0.968 bits per heavy atom. The van der Waals surface area contributed by atoms with Crippen molar-refractivity contribution in [1.29, 1.82) is 0 Å². The number of nitro groups is 1. The number of anilines is 1. The molecular formula is C24H21N3O4. The van der Waals surface area contributed by atoms with Crippen molar-refractivity contribution in [2.75, 3.05) is 11.9 Å². The number of carbonyl (C=O) groups is 2. The third-order valence-corrected chi connectivity index (χ3v) is 5.32. The van der Waals surface area contributed by atoms with Gasteiger partial charge in [0.1, 0.15) is 0 Å². The smallest absolute Gasteiger partial charge is 0.269 e. The number of nitrogens with zero attached hydrogens (tertiary/aromatic N) is 2. The Labute approximate surface area is 179 Å². The number of hydrogen-bond donors (Lipinski definition) is 1. The molecule has 31 heavy (non-hydrogen) atoms. The predicted molar refractivity (Wildman–Crippen MR) is 117 cm³/mol. The predicted octanol–water partition coefficient (Wildman–Crippen LogP) is 3.97. The van der Waals surface area contributed by atoms with Crippen molar-refractivity contribution in [1.82, 2.24) is 4.90 Å². The molecule has 2 amide bonds. The number of amides is 2. The van der Waals surface area contributed by atoms with Gasteiger partial charge in [-0.1, -0.05) is 36.4 Å². The topological polar surface area (TPSA) is 92.5 Å². The van der Waals surface area contributed by atoms with E-state index in [1.807, 2.05) is 53.4 Å². The van der Waals surface area contributed by atoms with Crippen molar-refractivity contribution in [3.05, 3.63) is 105 Å². The Kier molecular flexibility index (Phi) is 5.75. The molecule has 0 radical (unpaired) electrons. The van der Waals surface area contributed by atoms with Crippen molar-refractivity contribution in [3.8, 4) is 0 Å². The number of nitrogens with one attached hydrogen (secondary N) is 1. The van der Waals surface area contributed by atoms with Gasteiger partial charge in [-0.25, -0.2) is 0 Å². The summed E-state index contributed by atoms with van der Waals surface area (Å²) < 4.78 is 0. The lowest BCUT2D eigenvalue weighted by Gasteiger charge is -2.29. The molecule has 3 aromatic rings. The molecule has 1 aliphatic rings. The average Bonchev–Trinajstić information content (AvgIpc) is 2.79. The highest BCUT2D eigenvalue weighted by Crippen LogP contribution is 2.24. The van der Waals surface area contributed by atoms with Gasteiger partial charge in [-0.2, -0.15) is 0 Å². The molecule has 0 aliphatic carbocycles. The number of fused-ring (bicyclic) bond motifs is 1. The van der Waals surface area contributed by atoms with E-state index in [2.05, 4.69) is 5.32 Å². The summed E-state index contributed by atoms with van der Waals surface area (Å²) in [4.78, 5) is 37.3. The van der Waals surface area contributed by atoms with Crippen molar-refractivity contribution in [2.45, 2.75) is 19.4 Å². The fourth-order valence-electron chi connectivity index (χ4n) is 3.70. The Morgan fingerprint density at radius 3 is 2.42 bits per heavy atom. The molecular weight excluding hydrogens is 394 g/mol. The van der Waals surface area contributed by atoms with Crippen LogP contribution in [0.25, 0.3) is 0 Å². The number of nitro benzene ring substituents is 1. The van der Waals surface area contributed by atoms with Crippen molar-refractivity contribution in [2.24, 2.45) is 0 Å². The molecule has 7 nitrogen and oxygen atoms in total. The summed E-state index contributed by atoms with van der Waals surface area (Å²) in [5.74, 6) is -0.208. The monoisotopic (exact) mass is 415 g/mol. The summed E-state index contributed by atoms with van der Waals surface area (Å²) in [6.45, 7) is 1.15. The van der Waals surface area contributed by atoms with E-state index in [4.69, 9.17) is 0 Å². The van der Waals surface area contributed by atoms with Crippen LogP contribution in [0.5, 0.6) is 0 Å². The summed E-state index contributed by atoms with van der Waals surface area (Å²) in [7, 11) is 0. The Bertz CT molecular complexity index is 1130. The van der Waals surface area contributed by atoms with Gasteiger partial charge < -0.3 is 10.2 Å². The summed E-state index contributed by atoms with van der Waals surface area (Å²) in [6.07, 6.45) is 0.888. The maximum Gasteiger partial charge on any atom is 0.269 e. The average molecular weight is 415 g/mol. The van der Waals surface area contributed by atoms with Crippen LogP contribution < -0.4 is 5.32 Å². The minimum Gasteiger partial charge on any atom is -0.334 e. The summed E-state index contributed by atoms with van der Waals surface area (Å²) >= 11 is 0. The van der Waals surface area contributed by atoms with Gasteiger partial charge in [-0.05, 0) is 47.4 Å². The molecule has 7 heteroatoms. The largest absolute Gasteiger partial charge is 0.334 e. The molecule has 1 aliphatic heterocycles. The van der Waals surface area contributed by atoms with Gasteiger partial charge in [0, 0.05) is 36.5 Å². The van der Waals surface area contributed by atoms with Crippen molar-refractivity contribution >= 4 is 23.2 Å². The van der Waals surface area contributed by atoms with E-state index in [1.165, 1.54) is 17.7 Å². The van der Waals surface area contributed by atoms with Crippen molar-refractivity contribution < 1.29 is 14.5 Å². The van der Waals surface area contributed by atoms with E-state index < -0.39 is 4.92 Å². The zero-order valence-corrected chi connectivity index (χ0v) is 16.8. The summed E-state index contributed by atoms with van der Waals surface area (Å²) in [5.41, 5.74) is 4.21. The van der Waals surface area contributed by atoms with E-state index in [1.54, 1.807) is 12.1 Å². The highest BCUT2D eigenvalue weighted by molar-refractivity contribution is 5.94. The first-order valence-corrected chi connectivity index (χ1v) is 9.99. The third-order valence-electron chi connectivity index (χ3n) is 5.32. The molecule has 156 valence electrons. The van der Waals surface area contributed by atoms with Crippen LogP contribution in [-0.2, 0) is 24.2 Å². The number of rotatable bonds is 5. The zero-order chi connectivity index (χ0) is 21.8. The maximum absolute atomic E-state index is 12.8. The van der Waals surface area contributed by atoms with E-state index in [9.17, 15) is 19.7 Å². The van der Waals surface area contributed by atoms with Crippen LogP contribution in [-0.4, -0.2) is 28.2 Å². The van der Waals surface area contributed by atoms with Gasteiger partial charge in [0.15, 0.2) is 0 Å². The number of benzene rings is 3. The number of non-ortho nitro benzene ring substituents is 1. The molecule has 0 unspecified atom stereocenters. The highest BCUT2D eigenvalue weighted by Gasteiger charge is 2.22. The van der Waals surface area contributed by atoms with Gasteiger partial charge in [-0.15, -0.1) is 0 Å². The minimum atomic E-state index is -0.469. The van der Waals surface area contributed by atoms with E-state index in [-0.39, 0.29) is 23.9 Å². The van der Waals surface area contributed by atoms with Crippen LogP contribution in [0.2, 0.25) is 0 Å². The molecule has 0 atom stereocenters. The van der Waals surface area contributed by atoms with Gasteiger partial charge >= 0.3 is 0 Å². The number of hydrogen-bond acceptors (Lipinski definition) is 4. The fourth-order valence-corrected chi connectivity index (χ4v) is 3.70. The summed E-state index contributed by atoms with van der Waals surface area (Å²) in [5, 5.41) is 13.6. The second kappa shape index (κ2) is 8.79. The molecule has 1 heterocycles. The quantitative estimate of drug-likeness (QED) is 0.504. The molecule has 0 saturated heterocycles. The minimum absolute atomic E-state index is 0.00106. The second-order valence-corrected chi connectivity index (χ2v) is 7.47. The third kappa shape index (κ3) is 4.78. The molecule has 4 rings (SSSR count). The lowest BCUT2D eigenvalue weighted by atomic mass is 9.98. The van der Waals surface area contributed by atoms with Gasteiger partial charge in [0.05, 0.1) is 11.3 Å². The lowest BCUT2D eigenvalue weighted by molar-refractivity contribution is -0.384. The van der Waals surface area contributed by atoms with Crippen molar-refractivity contribution in [3.63, 3.8) is 0 Å². The van der Waals surface area contributed by atoms with Crippen LogP contribution in [0.15, 0.2) is 72.8 Å². The maximum atomic E-state index is 12.8. The Morgan fingerprint density at radius 2 is 1.71 bits per heavy atom. The molecule has 1 N–H and O–H groups in total. The molecule has 0 aromatic heterocycles. The first-order valence-electron chi connectivity index (χ1n) is 9.99. The van der Waals surface area contributed by atoms with Crippen LogP contribution in [0.3, 0.4) is 0 Å². The van der Waals surface area contributed by atoms with E-state index in [0.29, 0.717) is 29.9 Å². The Balaban J connectivity index is 1.41. The van der Waals surface area contributed by atoms with Crippen LogP contribution in [0, 0.1) is 10.1 Å². The standard InChI is InChI=1S/C24H21N3O4/c28-23(14-17-6-10-22(11-7-17)27(30)31)25-21-9-8-18-12-13-26(16-20(18)15-21)24(29)19-4-2-1-3-5-19/h1-11,15H,12-14,16H2,(H,25,28). The van der Waals surface area contributed by atoms with Gasteiger partial charge in [-0.3, -0.25) is 19.7 Å². The number of carbonyl (C=O) groups excluding carboxylic acids is 2. The lowest BCUT2D eigenvalue weighted by Crippen LogP contribution is -2.36. The normalized spacial score (nSPS) is 12.7. The molecule has 3 aromatic carbocycles. The molecule has 0 saturated carbocycles. The van der Waals surface area contributed by atoms with E-state index >= 15 is 0 Å². The van der Waals surface area contributed by atoms with Crippen LogP contribution >= 0.6 is 0 Å². The van der Waals surface area contributed by atoms with Crippen LogP contribution in [0.4, 0.5) is 11.4 Å².